The van der Waals surface area contributed by atoms with Gasteiger partial charge in [0.2, 0.25) is 0 Å². The van der Waals surface area contributed by atoms with Crippen LogP contribution in [-0.2, 0) is 16.6 Å². The number of likely N-dealkylation sites (tertiary alicyclic amines) is 1. The number of hydrogen-bond donors (Lipinski definition) is 2. The lowest BCUT2D eigenvalue weighted by Gasteiger charge is -2.52. The Kier molecular flexibility index (Phi) is 3.34. The second kappa shape index (κ2) is 5.19. The van der Waals surface area contributed by atoms with E-state index in [-0.39, 0.29) is 24.2 Å². The number of ether oxygens (including phenoxy) is 1. The summed E-state index contributed by atoms with van der Waals surface area (Å²) < 4.78 is 5.30. The number of phenolic OH excluding ortho intramolecular Hbond substituents is 1. The van der Waals surface area contributed by atoms with Crippen molar-refractivity contribution in [2.24, 2.45) is 0 Å². The molecule has 1 heterocycles. The molecular weight excluding hydrogens is 306 g/mol. The smallest absolute Gasteiger partial charge is 0.183 e. The van der Waals surface area contributed by atoms with Crippen LogP contribution < -0.4 is 4.74 Å². The Morgan fingerprint density at radius 3 is 2.92 bits per heavy atom. The number of carbonyl (C=O) groups excluding carboxylic acids is 1. The quantitative estimate of drug-likeness (QED) is 0.857. The second-order valence-corrected chi connectivity index (χ2v) is 6.86. The van der Waals surface area contributed by atoms with Crippen LogP contribution in [0.2, 0.25) is 0 Å². The summed E-state index contributed by atoms with van der Waals surface area (Å²) in [6, 6.07) is 3.93. The molecule has 24 heavy (non-hydrogen) atoms. The van der Waals surface area contributed by atoms with Gasteiger partial charge in [-0.2, -0.15) is 0 Å². The third-order valence-corrected chi connectivity index (χ3v) is 5.77. The van der Waals surface area contributed by atoms with Crippen molar-refractivity contribution >= 4 is 5.78 Å². The predicted octanol–water partition coefficient (Wildman–Crippen LogP) is 1.33. The Bertz CT molecular complexity index is 795. The summed E-state index contributed by atoms with van der Waals surface area (Å²) in [6.07, 6.45) is 5.07. The third kappa shape index (κ3) is 1.85. The number of aromatic hydroxyl groups is 1. The van der Waals surface area contributed by atoms with E-state index < -0.39 is 5.41 Å². The Balaban J connectivity index is 2.03. The minimum atomic E-state index is -0.532. The maximum Gasteiger partial charge on any atom is 0.183 e. The second-order valence-electron chi connectivity index (χ2n) is 6.86. The van der Waals surface area contributed by atoms with Gasteiger partial charge in [-0.25, -0.2) is 0 Å². The average molecular weight is 327 g/mol. The fourth-order valence-electron chi connectivity index (χ4n) is 4.56. The first-order chi connectivity index (χ1) is 11.5. The van der Waals surface area contributed by atoms with Crippen molar-refractivity contribution in [3.63, 3.8) is 0 Å². The molecule has 0 saturated carbocycles. The normalized spacial score (nSPS) is 28.6. The number of likely N-dealkylation sites (N-methyl/N-ethyl adjacent to an activating group) is 1. The van der Waals surface area contributed by atoms with Crippen molar-refractivity contribution in [2.45, 2.75) is 24.3 Å². The van der Waals surface area contributed by atoms with E-state index in [1.165, 1.54) is 7.11 Å². The first-order valence-corrected chi connectivity index (χ1v) is 8.20. The summed E-state index contributed by atoms with van der Waals surface area (Å²) in [5.41, 5.74) is 2.79. The van der Waals surface area contributed by atoms with Gasteiger partial charge in [-0.3, -0.25) is 9.69 Å². The molecule has 0 amide bonds. The number of aliphatic hydroxyl groups excluding tert-OH is 1. The molecule has 2 aliphatic carbocycles. The molecule has 1 aliphatic heterocycles. The number of fused-ring (bicyclic) bond motifs is 1. The van der Waals surface area contributed by atoms with Crippen molar-refractivity contribution in [1.29, 1.82) is 0 Å². The number of hydrogen-bond acceptors (Lipinski definition) is 5. The number of methoxy groups -OCH3 is 1. The average Bonchev–Trinajstić information content (AvgIpc) is 2.58. The van der Waals surface area contributed by atoms with Crippen molar-refractivity contribution in [3.05, 3.63) is 46.6 Å². The Morgan fingerprint density at radius 1 is 1.42 bits per heavy atom. The van der Waals surface area contributed by atoms with Crippen molar-refractivity contribution < 1.29 is 19.7 Å². The molecule has 0 radical (unpaired) electrons. The molecule has 4 rings (SSSR count). The van der Waals surface area contributed by atoms with Gasteiger partial charge in [0.1, 0.15) is 0 Å². The number of piperidine rings is 1. The van der Waals surface area contributed by atoms with Crippen LogP contribution in [-0.4, -0.2) is 54.2 Å². The van der Waals surface area contributed by atoms with E-state index in [0.29, 0.717) is 11.3 Å². The zero-order chi connectivity index (χ0) is 17.1. The largest absolute Gasteiger partial charge is 0.504 e. The third-order valence-electron chi connectivity index (χ3n) is 5.77. The zero-order valence-corrected chi connectivity index (χ0v) is 13.9. The summed E-state index contributed by atoms with van der Waals surface area (Å²) in [7, 11) is 3.61. The van der Waals surface area contributed by atoms with Crippen LogP contribution in [0.1, 0.15) is 17.5 Å². The van der Waals surface area contributed by atoms with E-state index in [2.05, 4.69) is 11.9 Å². The summed E-state index contributed by atoms with van der Waals surface area (Å²) >= 11 is 0. The van der Waals surface area contributed by atoms with E-state index in [4.69, 9.17) is 4.74 Å². The van der Waals surface area contributed by atoms with Crippen LogP contribution in [0.15, 0.2) is 35.4 Å². The van der Waals surface area contributed by atoms with Crippen molar-refractivity contribution in [2.75, 3.05) is 27.3 Å². The lowest BCUT2D eigenvalue weighted by molar-refractivity contribution is -0.112. The first-order valence-electron chi connectivity index (χ1n) is 8.20. The van der Waals surface area contributed by atoms with Gasteiger partial charge in [0.15, 0.2) is 17.3 Å². The van der Waals surface area contributed by atoms with E-state index in [9.17, 15) is 15.0 Å². The SMILES string of the molecule is COc1ccc2c(c1O)[C@@]13C=C(CO)C(=O)C=C1[C@H](C2)N(C)CC3. The van der Waals surface area contributed by atoms with Crippen LogP contribution >= 0.6 is 0 Å². The van der Waals surface area contributed by atoms with Gasteiger partial charge in [0.05, 0.1) is 13.7 Å². The number of aliphatic hydroxyl groups is 1. The number of carbonyl (C=O) groups is 1. The van der Waals surface area contributed by atoms with Crippen LogP contribution in [0.5, 0.6) is 11.5 Å². The molecule has 2 N–H and O–H groups in total. The highest BCUT2D eigenvalue weighted by Crippen LogP contribution is 2.55. The molecule has 0 unspecified atom stereocenters. The van der Waals surface area contributed by atoms with Crippen LogP contribution in [0.4, 0.5) is 0 Å². The molecule has 2 bridgehead atoms. The molecule has 1 saturated heterocycles. The van der Waals surface area contributed by atoms with E-state index in [0.717, 1.165) is 36.1 Å². The predicted molar refractivity (Wildman–Crippen MR) is 89.3 cm³/mol. The number of phenols is 1. The number of ketones is 1. The maximum atomic E-state index is 12.3. The van der Waals surface area contributed by atoms with Gasteiger partial charge >= 0.3 is 0 Å². The molecular formula is C19H21NO4. The molecule has 0 spiro atoms. The van der Waals surface area contributed by atoms with Gasteiger partial charge in [0, 0.05) is 22.6 Å². The highest BCUT2D eigenvalue weighted by Gasteiger charge is 2.51. The molecule has 5 heteroatoms. The molecule has 5 nitrogen and oxygen atoms in total. The maximum absolute atomic E-state index is 12.3. The topological polar surface area (TPSA) is 70.0 Å². The molecule has 126 valence electrons. The summed E-state index contributed by atoms with van der Waals surface area (Å²) in [4.78, 5) is 14.6. The molecule has 0 aromatic heterocycles. The Labute approximate surface area is 140 Å². The summed E-state index contributed by atoms with van der Waals surface area (Å²) in [5, 5.41) is 20.4. The minimum Gasteiger partial charge on any atom is -0.504 e. The van der Waals surface area contributed by atoms with Gasteiger partial charge < -0.3 is 14.9 Å². The van der Waals surface area contributed by atoms with Crippen LogP contribution in [0.25, 0.3) is 0 Å². The number of allylic oxidation sites excluding steroid dienone is 2. The Morgan fingerprint density at radius 2 is 2.21 bits per heavy atom. The molecule has 1 aromatic carbocycles. The standard InChI is InChI=1S/C19H21NO4/c1-20-6-5-19-9-12(10-21)15(22)8-13(19)14(20)7-11-3-4-16(24-2)18(23)17(11)19/h3-4,8-9,14,21,23H,5-7,10H2,1-2H3/t14-,19-/m0/s1. The summed E-state index contributed by atoms with van der Waals surface area (Å²) in [5.74, 6) is 0.455. The molecule has 1 fully saturated rings. The van der Waals surface area contributed by atoms with Gasteiger partial charge in [-0.1, -0.05) is 12.1 Å². The number of benzene rings is 1. The Hall–Kier alpha value is -2.11. The van der Waals surface area contributed by atoms with E-state index >= 15 is 0 Å². The van der Waals surface area contributed by atoms with Crippen molar-refractivity contribution in [3.8, 4) is 11.5 Å². The van der Waals surface area contributed by atoms with Crippen LogP contribution in [0.3, 0.4) is 0 Å². The van der Waals surface area contributed by atoms with Crippen molar-refractivity contribution in [1.82, 2.24) is 4.90 Å². The van der Waals surface area contributed by atoms with E-state index in [1.807, 2.05) is 12.1 Å². The number of rotatable bonds is 2. The highest BCUT2D eigenvalue weighted by atomic mass is 16.5. The zero-order valence-electron chi connectivity index (χ0n) is 13.9. The lowest BCUT2D eigenvalue weighted by atomic mass is 9.58. The first kappa shape index (κ1) is 15.4. The van der Waals surface area contributed by atoms with E-state index in [1.54, 1.807) is 12.1 Å². The summed E-state index contributed by atoms with van der Waals surface area (Å²) in [6.45, 7) is 0.576. The molecule has 2 atom stereocenters. The minimum absolute atomic E-state index is 0.130. The van der Waals surface area contributed by atoms with Gasteiger partial charge in [-0.05, 0) is 49.7 Å². The monoisotopic (exact) mass is 327 g/mol. The number of nitrogens with zero attached hydrogens (tertiary/aromatic N) is 1. The fourth-order valence-corrected chi connectivity index (χ4v) is 4.56. The molecule has 1 aromatic rings. The fraction of sp³-hybridized carbons (Fsp3) is 0.421. The van der Waals surface area contributed by atoms with Crippen LogP contribution in [0, 0.1) is 0 Å². The molecule has 3 aliphatic rings. The van der Waals surface area contributed by atoms with Gasteiger partial charge in [-0.15, -0.1) is 0 Å². The highest BCUT2D eigenvalue weighted by molar-refractivity contribution is 6.07. The lowest BCUT2D eigenvalue weighted by Crippen LogP contribution is -2.54. The van der Waals surface area contributed by atoms with Gasteiger partial charge in [0.25, 0.3) is 0 Å².